The molecule has 0 amide bonds. The third kappa shape index (κ3) is 2.95. The summed E-state index contributed by atoms with van der Waals surface area (Å²) in [5, 5.41) is 9.58. The summed E-state index contributed by atoms with van der Waals surface area (Å²) in [7, 11) is 3.10. The Bertz CT molecular complexity index is 483. The zero-order chi connectivity index (χ0) is 14.0. The fourth-order valence-corrected chi connectivity index (χ4v) is 2.72. The molecule has 1 aliphatic carbocycles. The van der Waals surface area contributed by atoms with Gasteiger partial charge in [-0.15, -0.1) is 0 Å². The molecule has 2 rings (SSSR count). The molecule has 1 aromatic carbocycles. The fraction of sp³-hybridized carbons (Fsp3) is 0.500. The van der Waals surface area contributed by atoms with E-state index in [9.17, 15) is 4.79 Å². The molecule has 0 saturated heterocycles. The number of aliphatic carboxylic acids is 1. The van der Waals surface area contributed by atoms with Crippen LogP contribution in [0.15, 0.2) is 12.1 Å². The van der Waals surface area contributed by atoms with E-state index in [1.54, 1.807) is 19.2 Å². The van der Waals surface area contributed by atoms with Crippen LogP contribution in [-0.4, -0.2) is 25.3 Å². The fourth-order valence-electron chi connectivity index (χ4n) is 2.48. The molecule has 4 nitrogen and oxygen atoms in total. The zero-order valence-corrected chi connectivity index (χ0v) is 11.7. The Labute approximate surface area is 117 Å². The van der Waals surface area contributed by atoms with Gasteiger partial charge in [0, 0.05) is 11.5 Å². The van der Waals surface area contributed by atoms with Crippen molar-refractivity contribution >= 4 is 17.6 Å². The average Bonchev–Trinajstić information content (AvgIpc) is 3.19. The summed E-state index contributed by atoms with van der Waals surface area (Å²) >= 11 is 6.14. The predicted molar refractivity (Wildman–Crippen MR) is 72.3 cm³/mol. The molecule has 0 heterocycles. The van der Waals surface area contributed by atoms with Crippen LogP contribution in [0.2, 0.25) is 5.02 Å². The van der Waals surface area contributed by atoms with Crippen molar-refractivity contribution < 1.29 is 19.4 Å². The molecule has 5 heteroatoms. The minimum absolute atomic E-state index is 0.0672. The van der Waals surface area contributed by atoms with Crippen LogP contribution in [0.1, 0.15) is 30.7 Å². The van der Waals surface area contributed by atoms with Crippen molar-refractivity contribution in [1.29, 1.82) is 0 Å². The first-order chi connectivity index (χ1) is 9.08. The lowest BCUT2D eigenvalue weighted by Crippen LogP contribution is -2.11. The van der Waals surface area contributed by atoms with Crippen molar-refractivity contribution in [3.05, 3.63) is 22.7 Å². The number of methoxy groups -OCH3 is 2. The van der Waals surface area contributed by atoms with E-state index in [-0.39, 0.29) is 12.3 Å². The Balaban J connectivity index is 2.49. The zero-order valence-electron chi connectivity index (χ0n) is 11.0. The lowest BCUT2D eigenvalue weighted by Gasteiger charge is -2.21. The maximum atomic E-state index is 11.1. The van der Waals surface area contributed by atoms with Crippen LogP contribution < -0.4 is 9.47 Å². The van der Waals surface area contributed by atoms with Gasteiger partial charge in [-0.3, -0.25) is 4.79 Å². The van der Waals surface area contributed by atoms with Crippen LogP contribution >= 0.6 is 11.6 Å². The molecule has 0 bridgehead atoms. The highest BCUT2D eigenvalue weighted by Crippen LogP contribution is 2.51. The lowest BCUT2D eigenvalue weighted by atomic mass is 9.89. The Morgan fingerprint density at radius 3 is 2.58 bits per heavy atom. The van der Waals surface area contributed by atoms with Gasteiger partial charge in [0.1, 0.15) is 11.5 Å². The first-order valence-corrected chi connectivity index (χ1v) is 6.58. The van der Waals surface area contributed by atoms with E-state index in [0.717, 1.165) is 18.4 Å². The van der Waals surface area contributed by atoms with Gasteiger partial charge < -0.3 is 14.6 Å². The largest absolute Gasteiger partial charge is 0.496 e. The molecule has 19 heavy (non-hydrogen) atoms. The van der Waals surface area contributed by atoms with Gasteiger partial charge in [0.15, 0.2) is 0 Å². The minimum Gasteiger partial charge on any atom is -0.496 e. The molecule has 0 spiro atoms. The average molecular weight is 285 g/mol. The Morgan fingerprint density at radius 2 is 2.11 bits per heavy atom. The third-order valence-corrected chi connectivity index (χ3v) is 3.79. The summed E-state index contributed by atoms with van der Waals surface area (Å²) in [6, 6.07) is 3.46. The monoisotopic (exact) mass is 284 g/mol. The molecule has 0 aromatic heterocycles. The van der Waals surface area contributed by atoms with Crippen LogP contribution in [0.5, 0.6) is 11.5 Å². The van der Waals surface area contributed by atoms with E-state index >= 15 is 0 Å². The van der Waals surface area contributed by atoms with Gasteiger partial charge in [0.25, 0.3) is 0 Å². The molecule has 1 N–H and O–H groups in total. The highest BCUT2D eigenvalue weighted by Gasteiger charge is 2.37. The van der Waals surface area contributed by atoms with Crippen molar-refractivity contribution in [3.63, 3.8) is 0 Å². The number of hydrogen-bond acceptors (Lipinski definition) is 3. The van der Waals surface area contributed by atoms with Crippen molar-refractivity contribution in [2.24, 2.45) is 5.92 Å². The van der Waals surface area contributed by atoms with Crippen molar-refractivity contribution in [2.45, 2.75) is 25.2 Å². The molecule has 0 radical (unpaired) electrons. The normalized spacial score (nSPS) is 15.9. The SMILES string of the molecule is COc1ccc(Cl)c(OC)c1C(CC(=O)O)C1CC1. The first-order valence-electron chi connectivity index (χ1n) is 6.20. The Morgan fingerprint density at radius 1 is 1.42 bits per heavy atom. The van der Waals surface area contributed by atoms with Gasteiger partial charge in [-0.05, 0) is 30.9 Å². The first kappa shape index (κ1) is 14.0. The van der Waals surface area contributed by atoms with Gasteiger partial charge in [-0.2, -0.15) is 0 Å². The second kappa shape index (κ2) is 5.70. The molecule has 104 valence electrons. The molecule has 1 atom stereocenters. The van der Waals surface area contributed by atoms with Crippen molar-refractivity contribution in [3.8, 4) is 11.5 Å². The van der Waals surface area contributed by atoms with Crippen molar-refractivity contribution in [2.75, 3.05) is 14.2 Å². The third-order valence-electron chi connectivity index (χ3n) is 3.49. The van der Waals surface area contributed by atoms with E-state index < -0.39 is 5.97 Å². The van der Waals surface area contributed by atoms with Gasteiger partial charge in [0.2, 0.25) is 0 Å². The van der Waals surface area contributed by atoms with Crippen LogP contribution in [0, 0.1) is 5.92 Å². The van der Waals surface area contributed by atoms with Crippen LogP contribution in [-0.2, 0) is 4.79 Å². The van der Waals surface area contributed by atoms with Crippen molar-refractivity contribution in [1.82, 2.24) is 0 Å². The number of carboxylic acid groups (broad SMARTS) is 1. The number of carbonyl (C=O) groups is 1. The summed E-state index contributed by atoms with van der Waals surface area (Å²) in [6.07, 6.45) is 2.14. The quantitative estimate of drug-likeness (QED) is 0.870. The van der Waals surface area contributed by atoms with Crippen LogP contribution in [0.4, 0.5) is 0 Å². The maximum absolute atomic E-state index is 11.1. The molecule has 1 unspecified atom stereocenters. The van der Waals surface area contributed by atoms with Gasteiger partial charge >= 0.3 is 5.97 Å². The second-order valence-corrected chi connectivity index (χ2v) is 5.15. The predicted octanol–water partition coefficient (Wildman–Crippen LogP) is 3.33. The lowest BCUT2D eigenvalue weighted by molar-refractivity contribution is -0.137. The number of carboxylic acids is 1. The summed E-state index contributed by atoms with van der Waals surface area (Å²) in [6.45, 7) is 0. The van der Waals surface area contributed by atoms with E-state index in [1.807, 2.05) is 0 Å². The molecule has 0 aliphatic heterocycles. The summed E-state index contributed by atoms with van der Waals surface area (Å²) in [5.74, 6) is 0.609. The molecule has 1 saturated carbocycles. The topological polar surface area (TPSA) is 55.8 Å². The van der Waals surface area contributed by atoms with Crippen LogP contribution in [0.3, 0.4) is 0 Å². The number of halogens is 1. The van der Waals surface area contributed by atoms with Gasteiger partial charge in [-0.25, -0.2) is 0 Å². The standard InChI is InChI=1S/C14H17ClO4/c1-18-11-6-5-10(15)14(19-2)13(11)9(7-12(16)17)8-3-4-8/h5-6,8-9H,3-4,7H2,1-2H3,(H,16,17). The van der Waals surface area contributed by atoms with E-state index in [1.165, 1.54) is 7.11 Å². The highest BCUT2D eigenvalue weighted by atomic mass is 35.5. The minimum atomic E-state index is -0.819. The second-order valence-electron chi connectivity index (χ2n) is 4.74. The number of ether oxygens (including phenoxy) is 2. The Hall–Kier alpha value is -1.42. The Kier molecular flexibility index (Phi) is 4.20. The number of hydrogen-bond donors (Lipinski definition) is 1. The van der Waals surface area contributed by atoms with Gasteiger partial charge in [0.05, 0.1) is 25.7 Å². The maximum Gasteiger partial charge on any atom is 0.303 e. The smallest absolute Gasteiger partial charge is 0.303 e. The summed E-state index contributed by atoms with van der Waals surface area (Å²) < 4.78 is 10.7. The molecular formula is C14H17ClO4. The molecule has 1 fully saturated rings. The van der Waals surface area contributed by atoms with E-state index in [2.05, 4.69) is 0 Å². The summed E-state index contributed by atoms with van der Waals surface area (Å²) in [4.78, 5) is 11.1. The number of rotatable bonds is 6. The van der Waals surface area contributed by atoms with Gasteiger partial charge in [-0.1, -0.05) is 11.6 Å². The summed E-state index contributed by atoms with van der Waals surface area (Å²) in [5.41, 5.74) is 0.780. The number of benzene rings is 1. The highest BCUT2D eigenvalue weighted by molar-refractivity contribution is 6.32. The van der Waals surface area contributed by atoms with E-state index in [4.69, 9.17) is 26.2 Å². The molecule has 1 aromatic rings. The van der Waals surface area contributed by atoms with E-state index in [0.29, 0.717) is 22.4 Å². The molecule has 1 aliphatic rings. The van der Waals surface area contributed by atoms with Crippen LogP contribution in [0.25, 0.3) is 0 Å². The molecular weight excluding hydrogens is 268 g/mol.